The summed E-state index contributed by atoms with van der Waals surface area (Å²) in [5.74, 6) is -0.882. The SMILES string of the molecule is Cc1cc(C)c2c(Cn3c(=O)n(C4(CC(=O)O)CCCCC4)c4ncccc43)nsc2c1. The molecule has 0 unspecified atom stereocenters. The zero-order valence-corrected chi connectivity index (χ0v) is 19.1. The van der Waals surface area contributed by atoms with Gasteiger partial charge in [-0.3, -0.25) is 13.9 Å². The van der Waals surface area contributed by atoms with E-state index in [1.807, 2.05) is 12.1 Å². The van der Waals surface area contributed by atoms with Gasteiger partial charge in [-0.15, -0.1) is 0 Å². The van der Waals surface area contributed by atoms with E-state index in [0.717, 1.165) is 46.1 Å². The van der Waals surface area contributed by atoms with Crippen LogP contribution in [0, 0.1) is 13.8 Å². The molecule has 32 heavy (non-hydrogen) atoms. The quantitative estimate of drug-likeness (QED) is 0.480. The molecule has 1 aliphatic rings. The number of hydrogen-bond acceptors (Lipinski definition) is 5. The molecule has 0 atom stereocenters. The van der Waals surface area contributed by atoms with Gasteiger partial charge in [0.1, 0.15) is 0 Å². The van der Waals surface area contributed by atoms with Gasteiger partial charge in [-0.2, -0.15) is 4.37 Å². The molecule has 3 heterocycles. The highest BCUT2D eigenvalue weighted by Gasteiger charge is 2.40. The smallest absolute Gasteiger partial charge is 0.331 e. The molecule has 0 bridgehead atoms. The number of nitrogens with zero attached hydrogens (tertiary/aromatic N) is 4. The fourth-order valence-electron chi connectivity index (χ4n) is 5.42. The van der Waals surface area contributed by atoms with Crippen LogP contribution in [0.1, 0.15) is 55.3 Å². The first-order valence-corrected chi connectivity index (χ1v) is 11.8. The Morgan fingerprint density at radius 3 is 2.75 bits per heavy atom. The van der Waals surface area contributed by atoms with E-state index in [0.29, 0.717) is 25.0 Å². The first kappa shape index (κ1) is 20.9. The number of fused-ring (bicyclic) bond motifs is 2. The van der Waals surface area contributed by atoms with Crippen LogP contribution in [-0.2, 0) is 16.9 Å². The molecule has 166 valence electrons. The topological polar surface area (TPSA) is 90.0 Å². The fraction of sp³-hybridized carbons (Fsp3) is 0.417. The Hall–Kier alpha value is -3.00. The lowest BCUT2D eigenvalue weighted by Crippen LogP contribution is -2.44. The Kier molecular flexibility index (Phi) is 5.12. The second-order valence-electron chi connectivity index (χ2n) is 8.99. The number of benzene rings is 1. The van der Waals surface area contributed by atoms with E-state index in [9.17, 15) is 14.7 Å². The van der Waals surface area contributed by atoms with Gasteiger partial charge in [0.25, 0.3) is 0 Å². The Bertz CT molecular complexity index is 1390. The van der Waals surface area contributed by atoms with Gasteiger partial charge >= 0.3 is 11.7 Å². The second kappa shape index (κ2) is 7.85. The number of aryl methyl sites for hydroxylation is 2. The van der Waals surface area contributed by atoms with Crippen molar-refractivity contribution < 1.29 is 9.90 Å². The standard InChI is InChI=1S/C24H26N4O3S/c1-15-11-16(2)21-17(26-32-19(21)12-15)14-27-18-7-6-10-25-22(18)28(23(27)31)24(13-20(29)30)8-4-3-5-9-24/h6-7,10-12H,3-5,8-9,13-14H2,1-2H3,(H,29,30). The molecular weight excluding hydrogens is 424 g/mol. The third-order valence-electron chi connectivity index (χ3n) is 6.72. The number of rotatable bonds is 5. The van der Waals surface area contributed by atoms with Crippen molar-refractivity contribution in [1.29, 1.82) is 0 Å². The van der Waals surface area contributed by atoms with Gasteiger partial charge in [-0.25, -0.2) is 9.78 Å². The van der Waals surface area contributed by atoms with Crippen LogP contribution in [0.15, 0.2) is 35.3 Å². The van der Waals surface area contributed by atoms with Gasteiger partial charge in [0.2, 0.25) is 0 Å². The zero-order valence-electron chi connectivity index (χ0n) is 18.3. The maximum Gasteiger partial charge on any atom is 0.331 e. The van der Waals surface area contributed by atoms with Gasteiger partial charge in [0.15, 0.2) is 5.65 Å². The summed E-state index contributed by atoms with van der Waals surface area (Å²) < 4.78 is 9.20. The van der Waals surface area contributed by atoms with Crippen molar-refractivity contribution in [3.8, 4) is 0 Å². The third kappa shape index (κ3) is 3.33. The van der Waals surface area contributed by atoms with Crippen LogP contribution < -0.4 is 5.69 Å². The predicted molar refractivity (Wildman–Crippen MR) is 126 cm³/mol. The average molecular weight is 451 g/mol. The van der Waals surface area contributed by atoms with Crippen molar-refractivity contribution in [3.05, 3.63) is 57.8 Å². The van der Waals surface area contributed by atoms with E-state index in [1.54, 1.807) is 15.3 Å². The molecule has 0 saturated heterocycles. The molecule has 0 radical (unpaired) electrons. The minimum Gasteiger partial charge on any atom is -0.481 e. The van der Waals surface area contributed by atoms with Crippen molar-refractivity contribution in [2.45, 2.75) is 64.5 Å². The highest BCUT2D eigenvalue weighted by atomic mass is 32.1. The molecule has 1 N–H and O–H groups in total. The number of imidazole rings is 1. The van der Waals surface area contributed by atoms with Crippen LogP contribution in [0.3, 0.4) is 0 Å². The number of hydrogen-bond donors (Lipinski definition) is 1. The van der Waals surface area contributed by atoms with Crippen molar-refractivity contribution in [2.75, 3.05) is 0 Å². The minimum atomic E-state index is -0.882. The summed E-state index contributed by atoms with van der Waals surface area (Å²) in [5, 5.41) is 10.8. The molecule has 1 saturated carbocycles. The lowest BCUT2D eigenvalue weighted by Gasteiger charge is -2.37. The Balaban J connectivity index is 1.70. The molecule has 1 fully saturated rings. The van der Waals surface area contributed by atoms with Gasteiger partial charge in [0, 0.05) is 11.6 Å². The number of carboxylic acid groups (broad SMARTS) is 1. The highest BCUT2D eigenvalue weighted by molar-refractivity contribution is 7.13. The molecule has 4 aromatic rings. The van der Waals surface area contributed by atoms with Crippen molar-refractivity contribution in [2.24, 2.45) is 0 Å². The molecule has 5 rings (SSSR count). The first-order chi connectivity index (χ1) is 15.4. The van der Waals surface area contributed by atoms with E-state index >= 15 is 0 Å². The van der Waals surface area contributed by atoms with Crippen LogP contribution in [-0.4, -0.2) is 29.6 Å². The fourth-order valence-corrected chi connectivity index (χ4v) is 6.38. The predicted octanol–water partition coefficient (Wildman–Crippen LogP) is 4.61. The van der Waals surface area contributed by atoms with E-state index in [1.165, 1.54) is 17.1 Å². The van der Waals surface area contributed by atoms with Crippen molar-refractivity contribution in [1.82, 2.24) is 18.5 Å². The normalized spacial score (nSPS) is 16.1. The Morgan fingerprint density at radius 2 is 2.00 bits per heavy atom. The number of carboxylic acids is 1. The molecular formula is C24H26N4O3S. The second-order valence-corrected chi connectivity index (χ2v) is 9.79. The summed E-state index contributed by atoms with van der Waals surface area (Å²) in [4.78, 5) is 30.2. The summed E-state index contributed by atoms with van der Waals surface area (Å²) in [6.45, 7) is 4.48. The van der Waals surface area contributed by atoms with E-state index in [4.69, 9.17) is 0 Å². The summed E-state index contributed by atoms with van der Waals surface area (Å²) in [6.07, 6.45) is 5.83. The molecule has 8 heteroatoms. The molecule has 3 aromatic heterocycles. The van der Waals surface area contributed by atoms with Crippen molar-refractivity contribution in [3.63, 3.8) is 0 Å². The maximum absolute atomic E-state index is 13.8. The summed E-state index contributed by atoms with van der Waals surface area (Å²) in [7, 11) is 0. The summed E-state index contributed by atoms with van der Waals surface area (Å²) >= 11 is 1.45. The van der Waals surface area contributed by atoms with Gasteiger partial charge in [-0.1, -0.05) is 25.3 Å². The van der Waals surface area contributed by atoms with Crippen LogP contribution in [0.4, 0.5) is 0 Å². The third-order valence-corrected chi connectivity index (χ3v) is 7.55. The Labute approximate surface area is 189 Å². The lowest BCUT2D eigenvalue weighted by atomic mass is 9.79. The number of aliphatic carboxylic acids is 1. The highest BCUT2D eigenvalue weighted by Crippen LogP contribution is 2.39. The van der Waals surface area contributed by atoms with Gasteiger partial charge in [-0.05, 0) is 67.5 Å². The van der Waals surface area contributed by atoms with Crippen LogP contribution in [0.5, 0.6) is 0 Å². The summed E-state index contributed by atoms with van der Waals surface area (Å²) in [6, 6.07) is 7.98. The lowest BCUT2D eigenvalue weighted by molar-refractivity contribution is -0.140. The Morgan fingerprint density at radius 1 is 1.22 bits per heavy atom. The average Bonchev–Trinajstić information content (AvgIpc) is 3.27. The van der Waals surface area contributed by atoms with E-state index in [-0.39, 0.29) is 12.1 Å². The number of pyridine rings is 1. The molecule has 0 aliphatic heterocycles. The van der Waals surface area contributed by atoms with Crippen LogP contribution in [0.2, 0.25) is 0 Å². The van der Waals surface area contributed by atoms with E-state index in [2.05, 4.69) is 35.3 Å². The molecule has 1 aliphatic carbocycles. The van der Waals surface area contributed by atoms with Crippen LogP contribution in [0.25, 0.3) is 21.3 Å². The maximum atomic E-state index is 13.8. The van der Waals surface area contributed by atoms with Gasteiger partial charge in [0.05, 0.1) is 34.4 Å². The zero-order chi connectivity index (χ0) is 22.5. The van der Waals surface area contributed by atoms with Crippen molar-refractivity contribution >= 4 is 38.8 Å². The monoisotopic (exact) mass is 450 g/mol. The van der Waals surface area contributed by atoms with Crippen LogP contribution >= 0.6 is 11.5 Å². The molecule has 1 aromatic carbocycles. The minimum absolute atomic E-state index is 0.0688. The number of aromatic nitrogens is 4. The summed E-state index contributed by atoms with van der Waals surface area (Å²) in [5.41, 5.74) is 3.54. The molecule has 0 spiro atoms. The molecule has 7 nitrogen and oxygen atoms in total. The first-order valence-electron chi connectivity index (χ1n) is 11.0. The van der Waals surface area contributed by atoms with E-state index < -0.39 is 11.5 Å². The largest absolute Gasteiger partial charge is 0.481 e. The number of carbonyl (C=O) groups is 1. The molecule has 0 amide bonds. The van der Waals surface area contributed by atoms with Gasteiger partial charge < -0.3 is 5.11 Å².